The van der Waals surface area contributed by atoms with Crippen LogP contribution in [0.15, 0.2) is 69.6 Å². The van der Waals surface area contributed by atoms with Crippen molar-refractivity contribution in [2.75, 3.05) is 11.4 Å². The van der Waals surface area contributed by atoms with Crippen molar-refractivity contribution >= 4 is 44.6 Å². The van der Waals surface area contributed by atoms with Crippen LogP contribution in [0.3, 0.4) is 0 Å². The molecule has 0 aliphatic carbocycles. The number of aromatic nitrogens is 1. The number of hydrogen-bond acceptors (Lipinski definition) is 3. The van der Waals surface area contributed by atoms with Crippen molar-refractivity contribution in [1.82, 2.24) is 0 Å². The molecule has 0 bridgehead atoms. The molecule has 2 atom stereocenters. The molecular formula is C26H27N2S2+. The number of benzene rings is 2. The van der Waals surface area contributed by atoms with Gasteiger partial charge in [0.25, 0.3) is 5.01 Å². The van der Waals surface area contributed by atoms with Gasteiger partial charge in [-0.1, -0.05) is 61.2 Å². The van der Waals surface area contributed by atoms with Crippen molar-refractivity contribution in [2.24, 2.45) is 11.8 Å². The van der Waals surface area contributed by atoms with Crippen LogP contribution in [0.2, 0.25) is 0 Å². The van der Waals surface area contributed by atoms with Gasteiger partial charge in [-0.25, -0.2) is 0 Å². The van der Waals surface area contributed by atoms with Crippen molar-refractivity contribution in [1.29, 1.82) is 0 Å². The third-order valence-corrected chi connectivity index (χ3v) is 9.44. The summed E-state index contributed by atoms with van der Waals surface area (Å²) >= 11 is 3.96. The summed E-state index contributed by atoms with van der Waals surface area (Å²) < 4.78 is 3.98. The normalized spacial score (nSPS) is 24.7. The highest BCUT2D eigenvalue weighted by atomic mass is 32.2. The standard InChI is InChI=1S/C26H27N2S2/c1-16-12-14-27-19-8-4-6-10-21(19)29-25(27)23(16)18(3)24-17(2)13-15-28-20-9-5-7-11-22(20)30-26(24)28/h4-11,16-17H,12-15H2,1-3H3/q+1. The number of anilines is 1. The fourth-order valence-electron chi connectivity index (χ4n) is 5.48. The third kappa shape index (κ3) is 2.66. The van der Waals surface area contributed by atoms with Gasteiger partial charge in [-0.05, 0) is 54.5 Å². The SMILES string of the molecule is C/C(C1=C2Sc3ccccc3N2CCC1C)=C1\c2sc3ccccc3[n+]2CCC1C. The van der Waals surface area contributed by atoms with Gasteiger partial charge in [0.05, 0.1) is 10.7 Å². The molecule has 1 aromatic heterocycles. The van der Waals surface area contributed by atoms with Crippen LogP contribution in [0, 0.1) is 11.8 Å². The second-order valence-corrected chi connectivity index (χ2v) is 10.9. The van der Waals surface area contributed by atoms with E-state index < -0.39 is 0 Å². The van der Waals surface area contributed by atoms with E-state index in [9.17, 15) is 0 Å². The van der Waals surface area contributed by atoms with Crippen LogP contribution in [0.5, 0.6) is 0 Å². The number of nitrogens with zero attached hydrogens (tertiary/aromatic N) is 2. The minimum Gasteiger partial charge on any atom is -0.335 e. The van der Waals surface area contributed by atoms with Crippen LogP contribution in [0.4, 0.5) is 5.69 Å². The molecule has 3 aromatic rings. The number of thioether (sulfide) groups is 1. The lowest BCUT2D eigenvalue weighted by atomic mass is 9.82. The molecule has 2 nitrogen and oxygen atoms in total. The van der Waals surface area contributed by atoms with Crippen LogP contribution in [0.1, 0.15) is 38.6 Å². The molecule has 3 aliphatic heterocycles. The molecule has 0 fully saturated rings. The third-order valence-electron chi connectivity index (χ3n) is 7.04. The van der Waals surface area contributed by atoms with E-state index in [2.05, 4.69) is 78.8 Å². The Morgan fingerprint density at radius 2 is 1.80 bits per heavy atom. The summed E-state index contributed by atoms with van der Waals surface area (Å²) in [5, 5.41) is 2.95. The fourth-order valence-corrected chi connectivity index (χ4v) is 8.28. The molecule has 0 spiro atoms. The highest BCUT2D eigenvalue weighted by molar-refractivity contribution is 8.03. The van der Waals surface area contributed by atoms with Gasteiger partial charge in [-0.3, -0.25) is 0 Å². The Morgan fingerprint density at radius 1 is 1.00 bits per heavy atom. The van der Waals surface area contributed by atoms with Gasteiger partial charge in [-0.2, -0.15) is 4.57 Å². The monoisotopic (exact) mass is 431 g/mol. The van der Waals surface area contributed by atoms with Gasteiger partial charge in [0, 0.05) is 29.5 Å². The maximum absolute atomic E-state index is 2.58. The molecule has 152 valence electrons. The van der Waals surface area contributed by atoms with E-state index in [4.69, 9.17) is 0 Å². The molecule has 4 heterocycles. The molecule has 6 rings (SSSR count). The Bertz CT molecular complexity index is 1230. The Kier molecular flexibility index (Phi) is 4.36. The van der Waals surface area contributed by atoms with E-state index >= 15 is 0 Å². The second-order valence-electron chi connectivity index (χ2n) is 8.88. The highest BCUT2D eigenvalue weighted by Crippen LogP contribution is 2.53. The first-order chi connectivity index (χ1) is 14.6. The van der Waals surface area contributed by atoms with Gasteiger partial charge in [0.2, 0.25) is 5.52 Å². The van der Waals surface area contributed by atoms with E-state index in [0.717, 1.165) is 13.1 Å². The summed E-state index contributed by atoms with van der Waals surface area (Å²) in [5.74, 6) is 1.20. The number of thiazole rings is 1. The molecular weight excluding hydrogens is 404 g/mol. The first kappa shape index (κ1) is 18.7. The summed E-state index contributed by atoms with van der Waals surface area (Å²) in [4.78, 5) is 3.98. The molecule has 0 radical (unpaired) electrons. The Hall–Kier alpha value is -2.04. The zero-order chi connectivity index (χ0) is 20.4. The number of allylic oxidation sites excluding steroid dienone is 3. The summed E-state index contributed by atoms with van der Waals surface area (Å²) in [7, 11) is 0. The molecule has 0 amide bonds. The summed E-state index contributed by atoms with van der Waals surface area (Å²) in [6.45, 7) is 9.52. The molecule has 0 saturated heterocycles. The van der Waals surface area contributed by atoms with Gasteiger partial charge >= 0.3 is 0 Å². The first-order valence-electron chi connectivity index (χ1n) is 11.0. The average Bonchev–Trinajstić information content (AvgIpc) is 3.31. The van der Waals surface area contributed by atoms with Crippen molar-refractivity contribution in [3.05, 3.63) is 69.7 Å². The molecule has 0 N–H and O–H groups in total. The first-order valence-corrected chi connectivity index (χ1v) is 12.7. The smallest absolute Gasteiger partial charge is 0.266 e. The van der Waals surface area contributed by atoms with Crippen LogP contribution < -0.4 is 9.47 Å². The number of rotatable bonds is 1. The molecule has 2 unspecified atom stereocenters. The van der Waals surface area contributed by atoms with E-state index in [-0.39, 0.29) is 0 Å². The van der Waals surface area contributed by atoms with E-state index in [0.29, 0.717) is 11.8 Å². The quantitative estimate of drug-likeness (QED) is 0.388. The highest BCUT2D eigenvalue weighted by Gasteiger charge is 2.38. The van der Waals surface area contributed by atoms with E-state index in [1.807, 2.05) is 23.1 Å². The van der Waals surface area contributed by atoms with Gasteiger partial charge < -0.3 is 4.90 Å². The Labute approximate surface area is 186 Å². The van der Waals surface area contributed by atoms with Crippen molar-refractivity contribution in [2.45, 2.75) is 45.1 Å². The lowest BCUT2D eigenvalue weighted by molar-refractivity contribution is -0.673. The van der Waals surface area contributed by atoms with Crippen LogP contribution in [0.25, 0.3) is 15.8 Å². The summed E-state index contributed by atoms with van der Waals surface area (Å²) in [6, 6.07) is 17.8. The molecule has 4 heteroatoms. The lowest BCUT2D eigenvalue weighted by Crippen LogP contribution is -2.41. The maximum atomic E-state index is 2.58. The number of fused-ring (bicyclic) bond motifs is 6. The van der Waals surface area contributed by atoms with Gasteiger partial charge in [-0.15, -0.1) is 0 Å². The lowest BCUT2D eigenvalue weighted by Gasteiger charge is -2.34. The molecule has 30 heavy (non-hydrogen) atoms. The largest absolute Gasteiger partial charge is 0.335 e. The summed E-state index contributed by atoms with van der Waals surface area (Å²) in [6.07, 6.45) is 2.44. The molecule has 0 saturated carbocycles. The second kappa shape index (κ2) is 7.00. The number of aryl methyl sites for hydroxylation is 1. The fraction of sp³-hybridized carbons (Fsp3) is 0.346. The zero-order valence-electron chi connectivity index (χ0n) is 17.8. The predicted molar refractivity (Wildman–Crippen MR) is 129 cm³/mol. The Morgan fingerprint density at radius 3 is 2.70 bits per heavy atom. The van der Waals surface area contributed by atoms with Crippen molar-refractivity contribution in [3.8, 4) is 0 Å². The van der Waals surface area contributed by atoms with Crippen LogP contribution in [-0.2, 0) is 6.54 Å². The average molecular weight is 432 g/mol. The maximum Gasteiger partial charge on any atom is 0.266 e. The molecule has 3 aliphatic rings. The number of para-hydroxylation sites is 2. The Balaban J connectivity index is 1.57. The van der Waals surface area contributed by atoms with Crippen molar-refractivity contribution < 1.29 is 4.57 Å². The van der Waals surface area contributed by atoms with Crippen LogP contribution in [-0.4, -0.2) is 6.54 Å². The van der Waals surface area contributed by atoms with Crippen LogP contribution >= 0.6 is 23.1 Å². The predicted octanol–water partition coefficient (Wildman–Crippen LogP) is 6.87. The summed E-state index contributed by atoms with van der Waals surface area (Å²) in [5.41, 5.74) is 7.47. The topological polar surface area (TPSA) is 7.12 Å². The van der Waals surface area contributed by atoms with E-state index in [1.54, 1.807) is 11.1 Å². The zero-order valence-corrected chi connectivity index (χ0v) is 19.4. The number of hydrogen-bond donors (Lipinski definition) is 0. The van der Waals surface area contributed by atoms with Gasteiger partial charge in [0.15, 0.2) is 6.54 Å². The van der Waals surface area contributed by atoms with Gasteiger partial charge in [0.1, 0.15) is 4.70 Å². The van der Waals surface area contributed by atoms with E-state index in [1.165, 1.54) is 49.3 Å². The minimum atomic E-state index is 0.600. The van der Waals surface area contributed by atoms with Crippen molar-refractivity contribution in [3.63, 3.8) is 0 Å². The molecule has 2 aromatic carbocycles. The minimum absolute atomic E-state index is 0.600.